The highest BCUT2D eigenvalue weighted by Gasteiger charge is 2.16. The number of amides is 1. The number of hydrogen-bond donors (Lipinski definition) is 2. The fraction of sp³-hybridized carbons (Fsp3) is 0.156. The van der Waals surface area contributed by atoms with Crippen molar-refractivity contribution in [2.75, 3.05) is 5.32 Å². The third-order valence-electron chi connectivity index (χ3n) is 6.65. The van der Waals surface area contributed by atoms with Gasteiger partial charge in [-0.15, -0.1) is 0 Å². The number of benzene rings is 4. The fourth-order valence-electron chi connectivity index (χ4n) is 4.79. The molecule has 4 aromatic carbocycles. The Balaban J connectivity index is 1.49. The zero-order chi connectivity index (χ0) is 26.6. The number of aromatic nitrogens is 2. The minimum Gasteiger partial charge on any atom is -0.478 e. The van der Waals surface area contributed by atoms with Gasteiger partial charge in [0.05, 0.1) is 16.6 Å². The van der Waals surface area contributed by atoms with E-state index in [4.69, 9.17) is 4.98 Å². The van der Waals surface area contributed by atoms with Gasteiger partial charge in [0.2, 0.25) is 0 Å². The molecule has 0 spiro atoms. The van der Waals surface area contributed by atoms with Crippen molar-refractivity contribution in [1.82, 2.24) is 9.55 Å². The summed E-state index contributed by atoms with van der Waals surface area (Å²) < 4.78 is 2.21. The zero-order valence-corrected chi connectivity index (χ0v) is 21.4. The van der Waals surface area contributed by atoms with E-state index in [-0.39, 0.29) is 11.5 Å². The number of nitrogens with zero attached hydrogens (tertiary/aromatic N) is 2. The van der Waals surface area contributed by atoms with Gasteiger partial charge in [-0.25, -0.2) is 9.78 Å². The van der Waals surface area contributed by atoms with Gasteiger partial charge < -0.3 is 15.0 Å². The van der Waals surface area contributed by atoms with E-state index in [0.717, 1.165) is 52.1 Å². The van der Waals surface area contributed by atoms with Crippen LogP contribution in [-0.2, 0) is 13.0 Å². The number of carboxylic acids is 1. The van der Waals surface area contributed by atoms with Gasteiger partial charge in [-0.05, 0) is 65.9 Å². The monoisotopic (exact) mass is 503 g/mol. The molecule has 0 bridgehead atoms. The number of carbonyl (C=O) groups excluding carboxylic acids is 1. The van der Waals surface area contributed by atoms with Crippen LogP contribution in [0.3, 0.4) is 0 Å². The summed E-state index contributed by atoms with van der Waals surface area (Å²) in [6.45, 7) is 4.77. The van der Waals surface area contributed by atoms with Crippen molar-refractivity contribution in [2.45, 2.75) is 33.2 Å². The Morgan fingerprint density at radius 1 is 0.921 bits per heavy atom. The lowest BCUT2D eigenvalue weighted by Crippen LogP contribution is -2.12. The lowest BCUT2D eigenvalue weighted by Gasteiger charge is -2.12. The Labute approximate surface area is 221 Å². The SMILES string of the molecule is CCCc1nc2c(C)cc(NC(=O)c3ccccc3)cc2n1Cc1ccc(-c2ccccc2C(=O)O)cc1. The molecule has 2 N–H and O–H groups in total. The van der Waals surface area contributed by atoms with Crippen LogP contribution in [0.25, 0.3) is 22.2 Å². The van der Waals surface area contributed by atoms with Crippen LogP contribution >= 0.6 is 0 Å². The predicted octanol–water partition coefficient (Wildman–Crippen LogP) is 6.96. The Morgan fingerprint density at radius 3 is 2.34 bits per heavy atom. The zero-order valence-electron chi connectivity index (χ0n) is 21.4. The number of fused-ring (bicyclic) bond motifs is 1. The number of carbonyl (C=O) groups is 2. The Bertz CT molecular complexity index is 1620. The van der Waals surface area contributed by atoms with E-state index >= 15 is 0 Å². The molecule has 5 rings (SSSR count). The molecule has 6 heteroatoms. The highest BCUT2D eigenvalue weighted by atomic mass is 16.4. The smallest absolute Gasteiger partial charge is 0.336 e. The molecule has 0 aliphatic carbocycles. The molecule has 0 aliphatic rings. The second kappa shape index (κ2) is 10.7. The molecule has 0 unspecified atom stereocenters. The van der Waals surface area contributed by atoms with E-state index in [2.05, 4.69) is 16.8 Å². The molecule has 5 aromatic rings. The number of nitrogens with one attached hydrogen (secondary N) is 1. The van der Waals surface area contributed by atoms with Gasteiger partial charge >= 0.3 is 5.97 Å². The van der Waals surface area contributed by atoms with Crippen LogP contribution < -0.4 is 5.32 Å². The fourth-order valence-corrected chi connectivity index (χ4v) is 4.79. The van der Waals surface area contributed by atoms with Gasteiger partial charge in [-0.3, -0.25) is 4.79 Å². The van der Waals surface area contributed by atoms with Crippen molar-refractivity contribution in [3.05, 3.63) is 119 Å². The number of hydrogen-bond acceptors (Lipinski definition) is 3. The van der Waals surface area contributed by atoms with E-state index in [1.54, 1.807) is 24.3 Å². The predicted molar refractivity (Wildman–Crippen MR) is 151 cm³/mol. The van der Waals surface area contributed by atoms with Gasteiger partial charge in [0.15, 0.2) is 0 Å². The maximum atomic E-state index is 12.8. The quantitative estimate of drug-likeness (QED) is 0.240. The first kappa shape index (κ1) is 25.0. The summed E-state index contributed by atoms with van der Waals surface area (Å²) in [6.07, 6.45) is 1.80. The van der Waals surface area contributed by atoms with Crippen LogP contribution in [0.4, 0.5) is 5.69 Å². The van der Waals surface area contributed by atoms with Crippen LogP contribution in [0.5, 0.6) is 0 Å². The molecule has 6 nitrogen and oxygen atoms in total. The van der Waals surface area contributed by atoms with Gasteiger partial charge in [-0.1, -0.05) is 67.6 Å². The number of carboxylic acid groups (broad SMARTS) is 1. The molecule has 190 valence electrons. The maximum absolute atomic E-state index is 12.8. The first-order valence-corrected chi connectivity index (χ1v) is 12.7. The molecule has 0 fully saturated rings. The van der Waals surface area contributed by atoms with E-state index in [1.807, 2.05) is 73.7 Å². The largest absolute Gasteiger partial charge is 0.478 e. The van der Waals surface area contributed by atoms with Crippen molar-refractivity contribution >= 4 is 28.6 Å². The number of aryl methyl sites for hydroxylation is 2. The summed E-state index contributed by atoms with van der Waals surface area (Å²) >= 11 is 0. The molecule has 0 atom stereocenters. The second-order valence-corrected chi connectivity index (χ2v) is 9.39. The first-order valence-electron chi connectivity index (χ1n) is 12.7. The lowest BCUT2D eigenvalue weighted by molar-refractivity contribution is 0.0697. The van der Waals surface area contributed by atoms with Crippen molar-refractivity contribution < 1.29 is 14.7 Å². The minimum atomic E-state index is -0.940. The summed E-state index contributed by atoms with van der Waals surface area (Å²) in [5.41, 5.74) is 7.15. The number of anilines is 1. The summed E-state index contributed by atoms with van der Waals surface area (Å²) in [6, 6.07) is 28.2. The molecule has 38 heavy (non-hydrogen) atoms. The van der Waals surface area contributed by atoms with Crippen molar-refractivity contribution in [3.63, 3.8) is 0 Å². The normalized spacial score (nSPS) is 11.0. The third-order valence-corrected chi connectivity index (χ3v) is 6.65. The van der Waals surface area contributed by atoms with Crippen molar-refractivity contribution in [1.29, 1.82) is 0 Å². The maximum Gasteiger partial charge on any atom is 0.336 e. The van der Waals surface area contributed by atoms with E-state index < -0.39 is 5.97 Å². The molecule has 0 saturated heterocycles. The molecule has 1 amide bonds. The summed E-state index contributed by atoms with van der Waals surface area (Å²) in [4.78, 5) is 29.4. The second-order valence-electron chi connectivity index (χ2n) is 9.39. The summed E-state index contributed by atoms with van der Waals surface area (Å²) in [5.74, 6) is -0.0943. The van der Waals surface area contributed by atoms with Crippen LogP contribution in [0.1, 0.15) is 51.0 Å². The lowest BCUT2D eigenvalue weighted by atomic mass is 9.99. The van der Waals surface area contributed by atoms with E-state index in [0.29, 0.717) is 17.7 Å². The Hall–Kier alpha value is -4.71. The molecule has 0 aliphatic heterocycles. The Kier molecular flexibility index (Phi) is 7.05. The summed E-state index contributed by atoms with van der Waals surface area (Å²) in [5, 5.41) is 12.6. The molecule has 1 aromatic heterocycles. The number of aromatic carboxylic acids is 1. The van der Waals surface area contributed by atoms with Gasteiger partial charge in [0, 0.05) is 24.2 Å². The van der Waals surface area contributed by atoms with Gasteiger partial charge in [0.25, 0.3) is 5.91 Å². The van der Waals surface area contributed by atoms with Gasteiger partial charge in [-0.2, -0.15) is 0 Å². The molecule has 1 heterocycles. The molecule has 0 saturated carbocycles. The van der Waals surface area contributed by atoms with Crippen LogP contribution in [0, 0.1) is 6.92 Å². The highest BCUT2D eigenvalue weighted by molar-refractivity contribution is 6.05. The van der Waals surface area contributed by atoms with E-state index in [1.165, 1.54) is 0 Å². The van der Waals surface area contributed by atoms with Gasteiger partial charge in [0.1, 0.15) is 5.82 Å². The third kappa shape index (κ3) is 5.06. The summed E-state index contributed by atoms with van der Waals surface area (Å²) in [7, 11) is 0. The minimum absolute atomic E-state index is 0.151. The van der Waals surface area contributed by atoms with Crippen LogP contribution in [0.15, 0.2) is 91.0 Å². The van der Waals surface area contributed by atoms with Crippen molar-refractivity contribution in [2.24, 2.45) is 0 Å². The number of imidazole rings is 1. The molecular weight excluding hydrogens is 474 g/mol. The Morgan fingerprint density at radius 2 is 1.63 bits per heavy atom. The average molecular weight is 504 g/mol. The van der Waals surface area contributed by atoms with E-state index in [9.17, 15) is 14.7 Å². The average Bonchev–Trinajstić information content (AvgIpc) is 3.27. The van der Waals surface area contributed by atoms with Crippen LogP contribution in [0.2, 0.25) is 0 Å². The molecular formula is C32H29N3O3. The standard InChI is InChI=1S/C32H29N3O3/c1-3-9-29-34-30-21(2)18-25(33-31(36)24-10-5-4-6-11-24)19-28(30)35(29)20-22-14-16-23(17-15-22)26-12-7-8-13-27(26)32(37)38/h4-8,10-19H,3,9,20H2,1-2H3,(H,33,36)(H,37,38). The molecule has 0 radical (unpaired) electrons. The van der Waals surface area contributed by atoms with Crippen molar-refractivity contribution in [3.8, 4) is 11.1 Å². The topological polar surface area (TPSA) is 84.2 Å². The first-order chi connectivity index (χ1) is 18.4. The van der Waals surface area contributed by atoms with Crippen LogP contribution in [-0.4, -0.2) is 26.5 Å². The highest BCUT2D eigenvalue weighted by Crippen LogP contribution is 2.28. The number of rotatable bonds is 8.